The van der Waals surface area contributed by atoms with Crippen LogP contribution in [0.25, 0.3) is 0 Å². The van der Waals surface area contributed by atoms with Gasteiger partial charge in [0.25, 0.3) is 5.69 Å². The summed E-state index contributed by atoms with van der Waals surface area (Å²) in [7, 11) is 0. The minimum absolute atomic E-state index is 0.152. The van der Waals surface area contributed by atoms with Crippen molar-refractivity contribution in [2.24, 2.45) is 5.73 Å². The first-order valence-corrected chi connectivity index (χ1v) is 5.83. The molecule has 0 spiro atoms. The van der Waals surface area contributed by atoms with Crippen molar-refractivity contribution < 1.29 is 4.92 Å². The average Bonchev–Trinajstić information content (AvgIpc) is 2.28. The lowest BCUT2D eigenvalue weighted by Crippen LogP contribution is -2.42. The summed E-state index contributed by atoms with van der Waals surface area (Å²) < 4.78 is 0. The summed E-state index contributed by atoms with van der Waals surface area (Å²) in [6.07, 6.45) is 2.08. The molecular weight excluding hydrogens is 218 g/mol. The molecule has 1 aromatic rings. The molecule has 0 amide bonds. The van der Waals surface area contributed by atoms with Gasteiger partial charge in [-0.25, -0.2) is 0 Å². The van der Waals surface area contributed by atoms with Crippen LogP contribution in [0.1, 0.15) is 18.4 Å². The molecule has 2 N–H and O–H groups in total. The van der Waals surface area contributed by atoms with Gasteiger partial charge in [0, 0.05) is 37.0 Å². The third kappa shape index (κ3) is 2.74. The summed E-state index contributed by atoms with van der Waals surface area (Å²) in [4.78, 5) is 12.6. The maximum Gasteiger partial charge on any atom is 0.271 e. The second kappa shape index (κ2) is 4.71. The highest BCUT2D eigenvalue weighted by molar-refractivity contribution is 5.56. The SMILES string of the molecule is Cc1cc(N2CCCC(N)C2)cc([N+](=O)[O-])c1. The van der Waals surface area contributed by atoms with Gasteiger partial charge in [0.05, 0.1) is 4.92 Å². The van der Waals surface area contributed by atoms with Gasteiger partial charge >= 0.3 is 0 Å². The van der Waals surface area contributed by atoms with Crippen molar-refractivity contribution in [1.29, 1.82) is 0 Å². The molecule has 1 aliphatic rings. The highest BCUT2D eigenvalue weighted by atomic mass is 16.6. The first-order valence-electron chi connectivity index (χ1n) is 5.83. The van der Waals surface area contributed by atoms with E-state index in [9.17, 15) is 10.1 Å². The Bertz CT molecular complexity index is 434. The number of nitro benzene ring substituents is 1. The summed E-state index contributed by atoms with van der Waals surface area (Å²) in [6, 6.07) is 5.37. The van der Waals surface area contributed by atoms with Gasteiger partial charge in [0.2, 0.25) is 0 Å². The molecule has 0 bridgehead atoms. The van der Waals surface area contributed by atoms with Crippen LogP contribution >= 0.6 is 0 Å². The molecule has 17 heavy (non-hydrogen) atoms. The van der Waals surface area contributed by atoms with E-state index in [2.05, 4.69) is 4.90 Å². The Morgan fingerprint density at radius 2 is 2.24 bits per heavy atom. The quantitative estimate of drug-likeness (QED) is 0.627. The Kier molecular flexibility index (Phi) is 3.28. The van der Waals surface area contributed by atoms with E-state index in [4.69, 9.17) is 5.73 Å². The lowest BCUT2D eigenvalue weighted by atomic mass is 10.1. The van der Waals surface area contributed by atoms with Crippen molar-refractivity contribution in [3.8, 4) is 0 Å². The lowest BCUT2D eigenvalue weighted by Gasteiger charge is -2.32. The van der Waals surface area contributed by atoms with Crippen LogP contribution in [0.4, 0.5) is 11.4 Å². The fourth-order valence-corrected chi connectivity index (χ4v) is 2.28. The van der Waals surface area contributed by atoms with Crippen LogP contribution in [0.3, 0.4) is 0 Å². The number of aryl methyl sites for hydroxylation is 1. The number of rotatable bonds is 2. The summed E-state index contributed by atoms with van der Waals surface area (Å²) in [6.45, 7) is 3.58. The number of piperidine rings is 1. The molecule has 1 atom stereocenters. The van der Waals surface area contributed by atoms with Crippen LogP contribution in [0.2, 0.25) is 0 Å². The Morgan fingerprint density at radius 3 is 2.88 bits per heavy atom. The van der Waals surface area contributed by atoms with Crippen molar-refractivity contribution in [2.75, 3.05) is 18.0 Å². The maximum atomic E-state index is 10.8. The molecule has 0 aliphatic carbocycles. The number of anilines is 1. The molecule has 5 nitrogen and oxygen atoms in total. The lowest BCUT2D eigenvalue weighted by molar-refractivity contribution is -0.384. The molecule has 1 fully saturated rings. The van der Waals surface area contributed by atoms with Crippen molar-refractivity contribution in [2.45, 2.75) is 25.8 Å². The second-order valence-electron chi connectivity index (χ2n) is 4.63. The number of nitrogens with two attached hydrogens (primary N) is 1. The van der Waals surface area contributed by atoms with E-state index in [0.717, 1.165) is 37.2 Å². The minimum Gasteiger partial charge on any atom is -0.370 e. The van der Waals surface area contributed by atoms with Gasteiger partial charge in [-0.15, -0.1) is 0 Å². The molecule has 1 aromatic carbocycles. The number of non-ortho nitro benzene ring substituents is 1. The van der Waals surface area contributed by atoms with Crippen molar-refractivity contribution >= 4 is 11.4 Å². The zero-order valence-electron chi connectivity index (χ0n) is 9.93. The van der Waals surface area contributed by atoms with Crippen LogP contribution in [0.5, 0.6) is 0 Å². The van der Waals surface area contributed by atoms with Gasteiger partial charge in [-0.3, -0.25) is 10.1 Å². The standard InChI is InChI=1S/C12H17N3O2/c1-9-5-11(7-12(6-9)15(16)17)14-4-2-3-10(13)8-14/h5-7,10H,2-4,8,13H2,1H3. The number of hydrogen-bond acceptors (Lipinski definition) is 4. The fourth-order valence-electron chi connectivity index (χ4n) is 2.28. The molecule has 1 aliphatic heterocycles. The van der Waals surface area contributed by atoms with Gasteiger partial charge < -0.3 is 10.6 Å². The fraction of sp³-hybridized carbons (Fsp3) is 0.500. The molecule has 5 heteroatoms. The van der Waals surface area contributed by atoms with Crippen LogP contribution in [0.15, 0.2) is 18.2 Å². The molecule has 1 saturated heterocycles. The van der Waals surface area contributed by atoms with Crippen LogP contribution in [-0.2, 0) is 0 Å². The zero-order chi connectivity index (χ0) is 12.4. The van der Waals surface area contributed by atoms with Crippen molar-refractivity contribution in [3.63, 3.8) is 0 Å². The Hall–Kier alpha value is -1.62. The number of hydrogen-bond donors (Lipinski definition) is 1. The third-order valence-electron chi connectivity index (χ3n) is 3.08. The van der Waals surface area contributed by atoms with E-state index in [0.29, 0.717) is 0 Å². The van der Waals surface area contributed by atoms with Gasteiger partial charge in [0.15, 0.2) is 0 Å². The topological polar surface area (TPSA) is 72.4 Å². The summed E-state index contributed by atoms with van der Waals surface area (Å²) >= 11 is 0. The normalized spacial score (nSPS) is 20.4. The van der Waals surface area contributed by atoms with Gasteiger partial charge in [-0.05, 0) is 31.4 Å². The number of nitrogens with zero attached hydrogens (tertiary/aromatic N) is 2. The van der Waals surface area contributed by atoms with Crippen LogP contribution in [0, 0.1) is 17.0 Å². The van der Waals surface area contributed by atoms with E-state index in [1.54, 1.807) is 12.1 Å². The molecule has 0 radical (unpaired) electrons. The summed E-state index contributed by atoms with van der Waals surface area (Å²) in [5.41, 5.74) is 7.89. The molecule has 0 saturated carbocycles. The number of nitro groups is 1. The monoisotopic (exact) mass is 235 g/mol. The zero-order valence-corrected chi connectivity index (χ0v) is 9.93. The summed E-state index contributed by atoms with van der Waals surface area (Å²) in [5, 5.41) is 10.8. The molecule has 92 valence electrons. The molecule has 1 unspecified atom stereocenters. The predicted octanol–water partition coefficient (Wildman–Crippen LogP) is 1.83. The average molecular weight is 235 g/mol. The Labute approximate surface area is 100 Å². The van der Waals surface area contributed by atoms with E-state index >= 15 is 0 Å². The van der Waals surface area contributed by atoms with E-state index in [-0.39, 0.29) is 16.7 Å². The highest BCUT2D eigenvalue weighted by Crippen LogP contribution is 2.25. The van der Waals surface area contributed by atoms with Gasteiger partial charge in [-0.1, -0.05) is 0 Å². The number of benzene rings is 1. The maximum absolute atomic E-state index is 10.8. The van der Waals surface area contributed by atoms with Crippen molar-refractivity contribution in [1.82, 2.24) is 0 Å². The molecule has 1 heterocycles. The first-order chi connectivity index (χ1) is 8.06. The Morgan fingerprint density at radius 1 is 1.47 bits per heavy atom. The van der Waals surface area contributed by atoms with Gasteiger partial charge in [-0.2, -0.15) is 0 Å². The third-order valence-corrected chi connectivity index (χ3v) is 3.08. The van der Waals surface area contributed by atoms with E-state index in [1.807, 2.05) is 13.0 Å². The smallest absolute Gasteiger partial charge is 0.271 e. The predicted molar refractivity (Wildman–Crippen MR) is 67.3 cm³/mol. The molecule has 2 rings (SSSR count). The van der Waals surface area contributed by atoms with Crippen LogP contribution in [-0.4, -0.2) is 24.1 Å². The molecular formula is C12H17N3O2. The molecule has 0 aromatic heterocycles. The van der Waals surface area contributed by atoms with Gasteiger partial charge in [0.1, 0.15) is 0 Å². The van der Waals surface area contributed by atoms with E-state index < -0.39 is 0 Å². The van der Waals surface area contributed by atoms with E-state index in [1.165, 1.54) is 0 Å². The highest BCUT2D eigenvalue weighted by Gasteiger charge is 2.19. The van der Waals surface area contributed by atoms with Crippen LogP contribution < -0.4 is 10.6 Å². The Balaban J connectivity index is 2.28. The first kappa shape index (κ1) is 11.9. The minimum atomic E-state index is -0.347. The largest absolute Gasteiger partial charge is 0.370 e. The van der Waals surface area contributed by atoms with Crippen molar-refractivity contribution in [3.05, 3.63) is 33.9 Å². The summed E-state index contributed by atoms with van der Waals surface area (Å²) in [5.74, 6) is 0. The second-order valence-corrected chi connectivity index (χ2v) is 4.63.